The van der Waals surface area contributed by atoms with Gasteiger partial charge in [0.05, 0.1) is 0 Å². The molecule has 1 aromatic rings. The van der Waals surface area contributed by atoms with Crippen LogP contribution in [0.15, 0.2) is 0 Å². The van der Waals surface area contributed by atoms with Crippen LogP contribution >= 0.6 is 0 Å². The van der Waals surface area contributed by atoms with Gasteiger partial charge in [-0.1, -0.05) is 86.5 Å². The molecule has 1 aliphatic heterocycles. The molecular weight excluding hydrogens is 586 g/mol. The van der Waals surface area contributed by atoms with Gasteiger partial charge in [0.25, 0.3) is 0 Å². The molecule has 3 atom stereocenters. The van der Waals surface area contributed by atoms with Gasteiger partial charge < -0.3 is 9.47 Å². The number of benzene rings is 1. The Kier molecular flexibility index (Phi) is 16.2. The van der Waals surface area contributed by atoms with Crippen LogP contribution < -0.4 is 15.0 Å². The minimum Gasteiger partial charge on any atom is -0.491 e. The van der Waals surface area contributed by atoms with Gasteiger partial charge in [0.1, 0.15) is 30.3 Å². The summed E-state index contributed by atoms with van der Waals surface area (Å²) in [7, 11) is -4.18. The normalized spacial score (nSPS) is 18.5. The van der Waals surface area contributed by atoms with Gasteiger partial charge in [-0.05, 0) is 108 Å². The summed E-state index contributed by atoms with van der Waals surface area (Å²) in [4.78, 5) is 0. The summed E-state index contributed by atoms with van der Waals surface area (Å²) in [5, 5.41) is 0. The molecule has 1 aromatic carbocycles. The second-order valence-electron chi connectivity index (χ2n) is 15.0. The third-order valence-electron chi connectivity index (χ3n) is 10.3. The van der Waals surface area contributed by atoms with E-state index < -0.39 is 15.9 Å². The third-order valence-corrected chi connectivity index (χ3v) is 11.1. The van der Waals surface area contributed by atoms with Crippen molar-refractivity contribution in [3.05, 3.63) is 22.3 Å². The summed E-state index contributed by atoms with van der Waals surface area (Å²) < 4.78 is 47.2. The fourth-order valence-electron chi connectivity index (χ4n) is 6.33. The molecule has 0 aromatic heterocycles. The summed E-state index contributed by atoms with van der Waals surface area (Å²) in [6, 6.07) is 0. The Morgan fingerprint density at radius 2 is 1.44 bits per heavy atom. The number of hydrogen-bond donors (Lipinski definition) is 1. The van der Waals surface area contributed by atoms with Crippen LogP contribution in [0.5, 0.6) is 11.5 Å². The Labute approximate surface area is 277 Å². The maximum Gasteiger partial charge on any atom is 0.416 e. The first-order chi connectivity index (χ1) is 21.1. The first kappa shape index (κ1) is 39.8. The molecule has 0 amide bonds. The number of hydroxylamine groups is 1. The van der Waals surface area contributed by atoms with Gasteiger partial charge in [-0.3, -0.25) is 0 Å². The van der Waals surface area contributed by atoms with Crippen molar-refractivity contribution in [1.29, 1.82) is 0 Å². The number of rotatable bonds is 22. The van der Waals surface area contributed by atoms with Gasteiger partial charge in [-0.2, -0.15) is 18.2 Å². The zero-order valence-corrected chi connectivity index (χ0v) is 31.5. The van der Waals surface area contributed by atoms with Crippen LogP contribution in [-0.4, -0.2) is 32.8 Å². The summed E-state index contributed by atoms with van der Waals surface area (Å²) in [6.07, 6.45) is 15.0. The molecule has 2 rings (SSSR count). The fraction of sp³-hybridized carbons (Fsp3) is 0.838. The van der Waals surface area contributed by atoms with Crippen LogP contribution in [0.3, 0.4) is 0 Å². The lowest BCUT2D eigenvalue weighted by molar-refractivity contribution is 0.0510. The number of fused-ring (bicyclic) bond motifs is 1. The Balaban J connectivity index is 1.85. The topological polar surface area (TPSA) is 83.1 Å². The highest BCUT2D eigenvalue weighted by Gasteiger charge is 2.34. The van der Waals surface area contributed by atoms with E-state index in [-0.39, 0.29) is 18.8 Å². The maximum atomic E-state index is 12.2. The van der Waals surface area contributed by atoms with Crippen molar-refractivity contribution < 1.29 is 26.4 Å². The molecule has 1 aliphatic rings. The molecule has 262 valence electrons. The predicted molar refractivity (Wildman–Crippen MR) is 186 cm³/mol. The second-order valence-corrected chi connectivity index (χ2v) is 16.2. The molecular formula is C37H67NO6S. The molecule has 7 nitrogen and oxygen atoms in total. The van der Waals surface area contributed by atoms with Gasteiger partial charge in [-0.15, -0.1) is 0 Å². The molecule has 0 bridgehead atoms. The summed E-state index contributed by atoms with van der Waals surface area (Å²) >= 11 is 0. The fourth-order valence-corrected chi connectivity index (χ4v) is 6.95. The quantitative estimate of drug-likeness (QED) is 0.0985. The molecule has 45 heavy (non-hydrogen) atoms. The molecule has 0 saturated heterocycles. The predicted octanol–water partition coefficient (Wildman–Crippen LogP) is 9.87. The van der Waals surface area contributed by atoms with E-state index in [1.165, 1.54) is 56.9 Å². The van der Waals surface area contributed by atoms with Gasteiger partial charge in [0.2, 0.25) is 0 Å². The van der Waals surface area contributed by atoms with Gasteiger partial charge >= 0.3 is 10.4 Å². The highest BCUT2D eigenvalue weighted by Crippen LogP contribution is 2.45. The molecule has 0 saturated carbocycles. The minimum atomic E-state index is -4.18. The number of ether oxygens (including phenoxy) is 2. The lowest BCUT2D eigenvalue weighted by Crippen LogP contribution is -2.42. The van der Waals surface area contributed by atoms with E-state index in [0.29, 0.717) is 0 Å². The zero-order valence-electron chi connectivity index (χ0n) is 30.7. The average molecular weight is 654 g/mol. The molecule has 0 radical (unpaired) electrons. The smallest absolute Gasteiger partial charge is 0.416 e. The Morgan fingerprint density at radius 3 is 2.02 bits per heavy atom. The van der Waals surface area contributed by atoms with E-state index in [0.717, 1.165) is 78.0 Å². The lowest BCUT2D eigenvalue weighted by atomic mass is 9.83. The van der Waals surface area contributed by atoms with Gasteiger partial charge in [-0.25, -0.2) is 4.18 Å². The first-order valence-corrected chi connectivity index (χ1v) is 19.2. The first-order valence-electron chi connectivity index (χ1n) is 17.8. The minimum absolute atomic E-state index is 0.0924. The third kappa shape index (κ3) is 13.0. The standard InChI is InChI=1S/C37H67NO6S/c1-12-36(10,13-2)38-44-45(39,40)42-26-25-41-34-30(7)31(8)35-33(32(34)9)22-24-37(11,43-35)23-16-21-29(6)20-15-19-28(5)18-14-17-27(3)4/h27-29,38H,12-26H2,1-11H3/t28-,29-,37-/m1/s1. The van der Waals surface area contributed by atoms with E-state index in [9.17, 15) is 8.42 Å². The summed E-state index contributed by atoms with van der Waals surface area (Å²) in [5.74, 6) is 4.21. The second kappa shape index (κ2) is 18.3. The van der Waals surface area contributed by atoms with Gasteiger partial charge in [0.15, 0.2) is 0 Å². The molecule has 0 unspecified atom stereocenters. The highest BCUT2D eigenvalue weighted by atomic mass is 32.3. The van der Waals surface area contributed by atoms with Crippen molar-refractivity contribution >= 4 is 10.4 Å². The molecule has 1 heterocycles. The number of hydrogen-bond acceptors (Lipinski definition) is 7. The van der Waals surface area contributed by atoms with E-state index >= 15 is 0 Å². The molecule has 8 heteroatoms. The Morgan fingerprint density at radius 1 is 0.867 bits per heavy atom. The SMILES string of the molecule is CCC(C)(CC)NOS(=O)(=O)OCCOc1c(C)c(C)c2c(c1C)CC[C@@](C)(CCC[C@H](C)CCC[C@H](C)CCCC(C)C)O2. The van der Waals surface area contributed by atoms with Crippen LogP contribution in [0.25, 0.3) is 0 Å². The maximum absolute atomic E-state index is 12.2. The van der Waals surface area contributed by atoms with E-state index in [1.54, 1.807) is 0 Å². The average Bonchev–Trinajstić information content (AvgIpc) is 2.98. The monoisotopic (exact) mass is 653 g/mol. The van der Waals surface area contributed by atoms with Crippen LogP contribution in [-0.2, 0) is 25.3 Å². The van der Waals surface area contributed by atoms with Crippen LogP contribution in [0, 0.1) is 38.5 Å². The Hall–Kier alpha value is -1.35. The van der Waals surface area contributed by atoms with E-state index in [2.05, 4.69) is 53.9 Å². The molecule has 0 spiro atoms. The van der Waals surface area contributed by atoms with E-state index in [4.69, 9.17) is 17.9 Å². The summed E-state index contributed by atoms with van der Waals surface area (Å²) in [5.41, 5.74) is 6.39. The van der Waals surface area contributed by atoms with Crippen LogP contribution in [0.2, 0.25) is 0 Å². The number of nitrogens with one attached hydrogen (secondary N) is 1. The van der Waals surface area contributed by atoms with Crippen molar-refractivity contribution in [2.45, 2.75) is 171 Å². The van der Waals surface area contributed by atoms with Gasteiger partial charge in [0, 0.05) is 11.1 Å². The lowest BCUT2D eigenvalue weighted by Gasteiger charge is -2.38. The van der Waals surface area contributed by atoms with Crippen molar-refractivity contribution in [3.63, 3.8) is 0 Å². The largest absolute Gasteiger partial charge is 0.491 e. The summed E-state index contributed by atoms with van der Waals surface area (Å²) in [6.45, 7) is 23.8. The van der Waals surface area contributed by atoms with Crippen LogP contribution in [0.1, 0.15) is 155 Å². The van der Waals surface area contributed by atoms with Crippen LogP contribution in [0.4, 0.5) is 0 Å². The highest BCUT2D eigenvalue weighted by molar-refractivity contribution is 7.81. The van der Waals surface area contributed by atoms with Crippen molar-refractivity contribution in [2.75, 3.05) is 13.2 Å². The van der Waals surface area contributed by atoms with Crippen molar-refractivity contribution in [2.24, 2.45) is 17.8 Å². The van der Waals surface area contributed by atoms with Crippen molar-refractivity contribution in [3.8, 4) is 11.5 Å². The molecule has 0 fully saturated rings. The zero-order chi connectivity index (χ0) is 33.8. The molecule has 1 N–H and O–H groups in total. The van der Waals surface area contributed by atoms with Crippen molar-refractivity contribution in [1.82, 2.24) is 5.48 Å². The Bertz CT molecular complexity index is 1150. The van der Waals surface area contributed by atoms with E-state index in [1.807, 2.05) is 27.7 Å². The molecule has 0 aliphatic carbocycles.